The highest BCUT2D eigenvalue weighted by atomic mass is 19.1. The summed E-state index contributed by atoms with van der Waals surface area (Å²) < 4.78 is 24.1. The van der Waals surface area contributed by atoms with E-state index in [1.807, 2.05) is 35.2 Å². The van der Waals surface area contributed by atoms with Crippen LogP contribution in [0.1, 0.15) is 15.9 Å². The van der Waals surface area contributed by atoms with Crippen LogP contribution >= 0.6 is 0 Å². The number of nitrogens with one attached hydrogen (secondary N) is 1. The van der Waals surface area contributed by atoms with Gasteiger partial charge in [-0.25, -0.2) is 9.18 Å². The Balaban J connectivity index is 1.25. The molecule has 4 aromatic carbocycles. The molecule has 7 heteroatoms. The first kappa shape index (κ1) is 21.5. The van der Waals surface area contributed by atoms with Gasteiger partial charge in [0.2, 0.25) is 0 Å². The minimum atomic E-state index is -0.611. The van der Waals surface area contributed by atoms with Crippen LogP contribution in [0.2, 0.25) is 0 Å². The fraction of sp³-hybridized carbons (Fsp3) is 0.111. The molecule has 1 aliphatic heterocycles. The van der Waals surface area contributed by atoms with E-state index in [2.05, 4.69) is 17.4 Å². The summed E-state index contributed by atoms with van der Waals surface area (Å²) in [5.41, 5.74) is 2.65. The van der Waals surface area contributed by atoms with E-state index in [1.54, 1.807) is 18.2 Å². The Morgan fingerprint density at radius 3 is 2.65 bits per heavy atom. The van der Waals surface area contributed by atoms with Crippen molar-refractivity contribution in [1.29, 1.82) is 0 Å². The Morgan fingerprint density at radius 2 is 1.79 bits per heavy atom. The zero-order chi connectivity index (χ0) is 23.5. The molecule has 5 rings (SSSR count). The summed E-state index contributed by atoms with van der Waals surface area (Å²) in [6.07, 6.45) is 0. The van der Waals surface area contributed by atoms with Gasteiger partial charge in [0.25, 0.3) is 5.91 Å². The minimum Gasteiger partial charge on any atom is -0.473 e. The van der Waals surface area contributed by atoms with Crippen LogP contribution in [0.15, 0.2) is 84.9 Å². The maximum Gasteiger partial charge on any atom is 0.338 e. The normalized spacial score (nSPS) is 12.6. The van der Waals surface area contributed by atoms with Crippen LogP contribution in [-0.4, -0.2) is 25.2 Å². The summed E-state index contributed by atoms with van der Waals surface area (Å²) in [6, 6.07) is 24.5. The van der Waals surface area contributed by atoms with Crippen molar-refractivity contribution in [3.8, 4) is 5.75 Å². The number of rotatable bonds is 5. The molecule has 0 radical (unpaired) electrons. The Kier molecular flexibility index (Phi) is 5.82. The van der Waals surface area contributed by atoms with Crippen molar-refractivity contribution in [3.05, 3.63) is 102 Å². The first-order chi connectivity index (χ1) is 16.6. The molecule has 1 amide bonds. The molecular weight excluding hydrogens is 435 g/mol. The van der Waals surface area contributed by atoms with E-state index in [4.69, 9.17) is 9.47 Å². The van der Waals surface area contributed by atoms with E-state index in [1.165, 1.54) is 24.3 Å². The lowest BCUT2D eigenvalue weighted by Crippen LogP contribution is -2.32. The van der Waals surface area contributed by atoms with Gasteiger partial charge in [-0.2, -0.15) is 0 Å². The van der Waals surface area contributed by atoms with Gasteiger partial charge < -0.3 is 19.7 Å². The molecular formula is C27H21FN2O4. The summed E-state index contributed by atoms with van der Waals surface area (Å²) in [7, 11) is 0. The van der Waals surface area contributed by atoms with Gasteiger partial charge >= 0.3 is 5.97 Å². The molecule has 4 aromatic rings. The summed E-state index contributed by atoms with van der Waals surface area (Å²) in [4.78, 5) is 26.7. The van der Waals surface area contributed by atoms with Crippen molar-refractivity contribution >= 4 is 34.0 Å². The van der Waals surface area contributed by atoms with Crippen LogP contribution in [0.5, 0.6) is 5.75 Å². The van der Waals surface area contributed by atoms with Gasteiger partial charge in [-0.1, -0.05) is 36.4 Å². The second kappa shape index (κ2) is 9.23. The van der Waals surface area contributed by atoms with Crippen molar-refractivity contribution in [3.63, 3.8) is 0 Å². The van der Waals surface area contributed by atoms with Crippen LogP contribution < -0.4 is 15.0 Å². The third kappa shape index (κ3) is 4.54. The predicted octanol–water partition coefficient (Wildman–Crippen LogP) is 5.13. The van der Waals surface area contributed by atoms with Gasteiger partial charge in [0.05, 0.1) is 12.1 Å². The SMILES string of the molecule is O=C(COC(=O)c1cccc(N2COc3ccc4ccccc4c3C2)c1)Nc1ccc(F)cc1. The number of esters is 1. The number of ether oxygens (including phenoxy) is 2. The zero-order valence-electron chi connectivity index (χ0n) is 18.2. The molecule has 0 aliphatic carbocycles. The first-order valence-corrected chi connectivity index (χ1v) is 10.8. The molecule has 0 bridgehead atoms. The molecule has 0 saturated carbocycles. The number of anilines is 2. The number of benzene rings is 4. The average molecular weight is 456 g/mol. The number of hydrogen-bond acceptors (Lipinski definition) is 5. The van der Waals surface area contributed by atoms with Gasteiger partial charge in [-0.15, -0.1) is 0 Å². The number of halogens is 1. The van der Waals surface area contributed by atoms with E-state index >= 15 is 0 Å². The molecule has 0 aromatic heterocycles. The number of hydrogen-bond donors (Lipinski definition) is 1. The Bertz CT molecular complexity index is 1370. The quantitative estimate of drug-likeness (QED) is 0.422. The minimum absolute atomic E-state index is 0.329. The fourth-order valence-corrected chi connectivity index (χ4v) is 3.94. The lowest BCUT2D eigenvalue weighted by Gasteiger charge is -2.31. The van der Waals surface area contributed by atoms with E-state index in [0.717, 1.165) is 27.8 Å². The van der Waals surface area contributed by atoms with Crippen LogP contribution in [0.3, 0.4) is 0 Å². The highest BCUT2D eigenvalue weighted by molar-refractivity contribution is 5.96. The van der Waals surface area contributed by atoms with E-state index in [0.29, 0.717) is 24.5 Å². The number of carbonyl (C=O) groups is 2. The molecule has 1 N–H and O–H groups in total. The van der Waals surface area contributed by atoms with Gasteiger partial charge in [0.1, 0.15) is 11.6 Å². The van der Waals surface area contributed by atoms with E-state index in [-0.39, 0.29) is 0 Å². The third-order valence-corrected chi connectivity index (χ3v) is 5.63. The molecule has 1 aliphatic rings. The molecule has 0 spiro atoms. The van der Waals surface area contributed by atoms with Crippen LogP contribution in [0.4, 0.5) is 15.8 Å². The second-order valence-electron chi connectivity index (χ2n) is 7.92. The highest BCUT2D eigenvalue weighted by Crippen LogP contribution is 2.34. The Morgan fingerprint density at radius 1 is 0.971 bits per heavy atom. The van der Waals surface area contributed by atoms with Gasteiger partial charge in [-0.3, -0.25) is 4.79 Å². The molecule has 170 valence electrons. The van der Waals surface area contributed by atoms with E-state index in [9.17, 15) is 14.0 Å². The third-order valence-electron chi connectivity index (χ3n) is 5.63. The second-order valence-corrected chi connectivity index (χ2v) is 7.92. The van der Waals surface area contributed by atoms with Gasteiger partial charge in [-0.05, 0) is 59.3 Å². The lowest BCUT2D eigenvalue weighted by molar-refractivity contribution is -0.119. The van der Waals surface area contributed by atoms with Crippen molar-refractivity contribution in [2.75, 3.05) is 23.6 Å². The van der Waals surface area contributed by atoms with E-state index < -0.39 is 24.3 Å². The van der Waals surface area contributed by atoms with Crippen LogP contribution in [-0.2, 0) is 16.1 Å². The topological polar surface area (TPSA) is 67.9 Å². The van der Waals surface area contributed by atoms with Crippen LogP contribution in [0.25, 0.3) is 10.8 Å². The number of carbonyl (C=O) groups excluding carboxylic acids is 2. The van der Waals surface area contributed by atoms with Crippen molar-refractivity contribution < 1.29 is 23.5 Å². The molecule has 1 heterocycles. The summed E-state index contributed by atoms with van der Waals surface area (Å²) >= 11 is 0. The average Bonchev–Trinajstić information content (AvgIpc) is 2.88. The molecule has 0 saturated heterocycles. The highest BCUT2D eigenvalue weighted by Gasteiger charge is 2.21. The van der Waals surface area contributed by atoms with Gasteiger partial charge in [0, 0.05) is 16.9 Å². The standard InChI is InChI=1S/C27H21FN2O4/c28-20-9-11-21(12-10-20)29-26(31)16-33-27(32)19-5-3-6-22(14-19)30-15-24-23-7-2-1-4-18(23)8-13-25(24)34-17-30/h1-14H,15-17H2,(H,29,31). The molecule has 34 heavy (non-hydrogen) atoms. The summed E-state index contributed by atoms with van der Waals surface area (Å²) in [5.74, 6) is -0.665. The van der Waals surface area contributed by atoms with Crippen LogP contribution in [0, 0.1) is 5.82 Å². The summed E-state index contributed by atoms with van der Waals surface area (Å²) in [6.45, 7) is 0.534. The largest absolute Gasteiger partial charge is 0.473 e. The van der Waals surface area contributed by atoms with Crippen molar-refractivity contribution in [2.24, 2.45) is 0 Å². The maximum absolute atomic E-state index is 13.0. The zero-order valence-corrected chi connectivity index (χ0v) is 18.2. The lowest BCUT2D eigenvalue weighted by atomic mass is 10.0. The maximum atomic E-state index is 13.0. The first-order valence-electron chi connectivity index (χ1n) is 10.8. The molecule has 6 nitrogen and oxygen atoms in total. The summed E-state index contributed by atoms with van der Waals surface area (Å²) in [5, 5.41) is 4.83. The van der Waals surface area contributed by atoms with Gasteiger partial charge in [0.15, 0.2) is 13.3 Å². The molecule has 0 unspecified atom stereocenters. The number of amides is 1. The van der Waals surface area contributed by atoms with Crippen molar-refractivity contribution in [1.82, 2.24) is 0 Å². The Labute approximate surface area is 195 Å². The molecule has 0 atom stereocenters. The fourth-order valence-electron chi connectivity index (χ4n) is 3.94. The number of nitrogens with zero attached hydrogens (tertiary/aromatic N) is 1. The smallest absolute Gasteiger partial charge is 0.338 e. The Hall–Kier alpha value is -4.39. The predicted molar refractivity (Wildman–Crippen MR) is 127 cm³/mol. The van der Waals surface area contributed by atoms with Crippen molar-refractivity contribution in [2.45, 2.75) is 6.54 Å². The number of fused-ring (bicyclic) bond motifs is 3. The monoisotopic (exact) mass is 456 g/mol. The molecule has 0 fully saturated rings.